The molecule has 0 N–H and O–H groups in total. The molecule has 4 rings (SSSR count). The van der Waals surface area contributed by atoms with Crippen molar-refractivity contribution in [2.24, 2.45) is 0 Å². The number of pyridine rings is 1. The van der Waals surface area contributed by atoms with Crippen LogP contribution >= 0.6 is 0 Å². The lowest BCUT2D eigenvalue weighted by atomic mass is 9.90. The molecule has 2 saturated carbocycles. The maximum Gasteiger partial charge on any atom is 0.325 e. The van der Waals surface area contributed by atoms with Gasteiger partial charge in [0.15, 0.2) is 0 Å². The molecule has 2 fully saturated rings. The number of aromatic nitrogens is 1. The Hall–Kier alpha value is -1.91. The number of carbonyl (C=O) groups is 2. The van der Waals surface area contributed by atoms with Crippen molar-refractivity contribution in [3.8, 4) is 0 Å². The number of carbonyl (C=O) groups excluding carboxylic acids is 2. The van der Waals surface area contributed by atoms with E-state index in [1.165, 1.54) is 20.0 Å². The number of fused-ring (bicyclic) bond motifs is 2. The molecule has 2 heterocycles. The van der Waals surface area contributed by atoms with Crippen molar-refractivity contribution in [1.82, 2.24) is 9.88 Å². The molecular formula is C16H18N2O3. The number of hydrogen-bond donors (Lipinski definition) is 0. The monoisotopic (exact) mass is 286 g/mol. The van der Waals surface area contributed by atoms with Crippen LogP contribution in [0.2, 0.25) is 0 Å². The molecule has 5 heteroatoms. The topological polar surface area (TPSA) is 59.5 Å². The van der Waals surface area contributed by atoms with Gasteiger partial charge in [-0.25, -0.2) is 0 Å². The third kappa shape index (κ3) is 2.03. The lowest BCUT2D eigenvalue weighted by molar-refractivity contribution is -0.141. The van der Waals surface area contributed by atoms with E-state index in [1.807, 2.05) is 12.1 Å². The highest BCUT2D eigenvalue weighted by Crippen LogP contribution is 2.52. The van der Waals surface area contributed by atoms with E-state index in [0.717, 1.165) is 24.2 Å². The first kappa shape index (κ1) is 12.8. The largest absolute Gasteiger partial charge is 0.468 e. The van der Waals surface area contributed by atoms with Crippen LogP contribution in [0.25, 0.3) is 0 Å². The van der Waals surface area contributed by atoms with Crippen molar-refractivity contribution in [1.29, 1.82) is 0 Å². The van der Waals surface area contributed by atoms with Crippen LogP contribution in [0.5, 0.6) is 0 Å². The molecule has 0 bridgehead atoms. The van der Waals surface area contributed by atoms with Crippen molar-refractivity contribution in [2.75, 3.05) is 20.2 Å². The number of ether oxygens (including phenoxy) is 1. The average Bonchev–Trinajstić information content (AvgIpc) is 3.38. The van der Waals surface area contributed by atoms with E-state index in [2.05, 4.69) is 4.74 Å². The summed E-state index contributed by atoms with van der Waals surface area (Å²) in [7, 11) is 1.35. The summed E-state index contributed by atoms with van der Waals surface area (Å²) in [4.78, 5) is 30.5. The molecule has 1 aromatic rings. The fourth-order valence-corrected chi connectivity index (χ4v) is 3.23. The fourth-order valence-electron chi connectivity index (χ4n) is 3.23. The van der Waals surface area contributed by atoms with E-state index in [1.54, 1.807) is 4.90 Å². The molecule has 0 radical (unpaired) electrons. The van der Waals surface area contributed by atoms with E-state index in [4.69, 9.17) is 4.98 Å². The minimum absolute atomic E-state index is 0.0117. The lowest BCUT2D eigenvalue weighted by Gasteiger charge is -2.33. The van der Waals surface area contributed by atoms with Gasteiger partial charge in [0.2, 0.25) is 0 Å². The Balaban J connectivity index is 1.70. The molecule has 1 spiro atoms. The van der Waals surface area contributed by atoms with Crippen LogP contribution < -0.4 is 0 Å². The first-order chi connectivity index (χ1) is 10.1. The smallest absolute Gasteiger partial charge is 0.325 e. The van der Waals surface area contributed by atoms with Gasteiger partial charge in [0.1, 0.15) is 6.54 Å². The lowest BCUT2D eigenvalue weighted by Crippen LogP contribution is -2.46. The molecule has 2 aliphatic carbocycles. The molecule has 3 aliphatic rings. The third-order valence-corrected chi connectivity index (χ3v) is 4.83. The van der Waals surface area contributed by atoms with Crippen LogP contribution in [0.1, 0.15) is 53.3 Å². The maximum atomic E-state index is 12.6. The third-order valence-electron chi connectivity index (χ3n) is 4.83. The van der Waals surface area contributed by atoms with Gasteiger partial charge in [0.05, 0.1) is 18.4 Å². The Kier molecular flexibility index (Phi) is 2.62. The van der Waals surface area contributed by atoms with Crippen LogP contribution in [0.4, 0.5) is 0 Å². The van der Waals surface area contributed by atoms with Gasteiger partial charge >= 0.3 is 5.97 Å². The Labute approximate surface area is 123 Å². The maximum absolute atomic E-state index is 12.6. The van der Waals surface area contributed by atoms with Crippen molar-refractivity contribution < 1.29 is 14.3 Å². The molecule has 1 aliphatic heterocycles. The van der Waals surface area contributed by atoms with Crippen LogP contribution in [0.3, 0.4) is 0 Å². The highest BCUT2D eigenvalue weighted by atomic mass is 16.5. The van der Waals surface area contributed by atoms with Gasteiger partial charge in [0, 0.05) is 23.6 Å². The number of rotatable bonds is 3. The van der Waals surface area contributed by atoms with Gasteiger partial charge in [-0.3, -0.25) is 14.6 Å². The van der Waals surface area contributed by atoms with Gasteiger partial charge in [0.25, 0.3) is 5.91 Å². The van der Waals surface area contributed by atoms with Gasteiger partial charge in [-0.1, -0.05) is 0 Å². The van der Waals surface area contributed by atoms with Crippen LogP contribution in [0.15, 0.2) is 12.1 Å². The standard InChI is InChI=1S/C16H18N2O3/c1-21-13(19)8-18-9-16(6-7-16)14-11(15(18)20)4-5-12(17-14)10-2-3-10/h4-5,10H,2-3,6-9H2,1H3. The summed E-state index contributed by atoms with van der Waals surface area (Å²) in [5.41, 5.74) is 2.77. The highest BCUT2D eigenvalue weighted by Gasteiger charge is 2.53. The van der Waals surface area contributed by atoms with Crippen LogP contribution in [-0.4, -0.2) is 42.0 Å². The minimum atomic E-state index is -0.370. The SMILES string of the molecule is COC(=O)CN1CC2(CC2)c2nc(C3CC3)ccc2C1=O. The second kappa shape index (κ2) is 4.29. The number of esters is 1. The Bertz CT molecular complexity index is 632. The van der Waals surface area contributed by atoms with Crippen molar-refractivity contribution >= 4 is 11.9 Å². The molecule has 5 nitrogen and oxygen atoms in total. The molecule has 1 aromatic heterocycles. The summed E-state index contributed by atoms with van der Waals surface area (Å²) in [6, 6.07) is 3.88. The molecule has 21 heavy (non-hydrogen) atoms. The summed E-state index contributed by atoms with van der Waals surface area (Å²) in [6.07, 6.45) is 4.51. The second-order valence-corrected chi connectivity index (χ2v) is 6.42. The number of amides is 1. The van der Waals surface area contributed by atoms with Crippen LogP contribution in [0, 0.1) is 0 Å². The molecule has 0 aromatic carbocycles. The van der Waals surface area contributed by atoms with Gasteiger partial charge in [-0.2, -0.15) is 0 Å². The summed E-state index contributed by atoms with van der Waals surface area (Å²) in [5, 5.41) is 0. The van der Waals surface area contributed by atoms with Crippen molar-refractivity contribution in [3.05, 3.63) is 29.1 Å². The van der Waals surface area contributed by atoms with Crippen molar-refractivity contribution in [2.45, 2.75) is 37.0 Å². The zero-order valence-electron chi connectivity index (χ0n) is 12.1. The van der Waals surface area contributed by atoms with Gasteiger partial charge in [-0.15, -0.1) is 0 Å². The molecule has 1 amide bonds. The zero-order valence-corrected chi connectivity index (χ0v) is 12.1. The zero-order chi connectivity index (χ0) is 14.6. The second-order valence-electron chi connectivity index (χ2n) is 6.42. The van der Waals surface area contributed by atoms with E-state index in [9.17, 15) is 9.59 Å². The number of methoxy groups -OCH3 is 1. The molecule has 110 valence electrons. The average molecular weight is 286 g/mol. The first-order valence-electron chi connectivity index (χ1n) is 7.50. The van der Waals surface area contributed by atoms with E-state index in [0.29, 0.717) is 18.0 Å². The van der Waals surface area contributed by atoms with E-state index < -0.39 is 0 Å². The quantitative estimate of drug-likeness (QED) is 0.792. The molecular weight excluding hydrogens is 268 g/mol. The first-order valence-corrected chi connectivity index (χ1v) is 7.50. The molecule has 0 atom stereocenters. The molecule has 0 unspecified atom stereocenters. The highest BCUT2D eigenvalue weighted by molar-refractivity contribution is 5.98. The minimum Gasteiger partial charge on any atom is -0.468 e. The van der Waals surface area contributed by atoms with Gasteiger partial charge in [-0.05, 0) is 37.8 Å². The predicted octanol–water partition coefficient (Wildman–Crippen LogP) is 1.62. The van der Waals surface area contributed by atoms with Crippen LogP contribution in [-0.2, 0) is 14.9 Å². The van der Waals surface area contributed by atoms with Crippen molar-refractivity contribution in [3.63, 3.8) is 0 Å². The van der Waals surface area contributed by atoms with E-state index in [-0.39, 0.29) is 23.8 Å². The summed E-state index contributed by atoms with van der Waals surface area (Å²) in [6.45, 7) is 0.621. The Morgan fingerprint density at radius 2 is 2.19 bits per heavy atom. The Morgan fingerprint density at radius 1 is 1.43 bits per heavy atom. The summed E-state index contributed by atoms with van der Waals surface area (Å²) >= 11 is 0. The normalized spacial score (nSPS) is 22.1. The summed E-state index contributed by atoms with van der Waals surface area (Å²) < 4.78 is 4.69. The fraction of sp³-hybridized carbons (Fsp3) is 0.562. The number of hydrogen-bond acceptors (Lipinski definition) is 4. The van der Waals surface area contributed by atoms with E-state index >= 15 is 0 Å². The number of nitrogens with zero attached hydrogens (tertiary/aromatic N) is 2. The Morgan fingerprint density at radius 3 is 2.81 bits per heavy atom. The predicted molar refractivity (Wildman–Crippen MR) is 75.0 cm³/mol. The summed E-state index contributed by atoms with van der Waals surface area (Å²) in [5.74, 6) is 0.127. The molecule has 0 saturated heterocycles. The van der Waals surface area contributed by atoms with Gasteiger partial charge < -0.3 is 9.64 Å².